The first-order valence-electron chi connectivity index (χ1n) is 8.98. The second-order valence-corrected chi connectivity index (χ2v) is 6.17. The van der Waals surface area contributed by atoms with Gasteiger partial charge < -0.3 is 19.4 Å². The van der Waals surface area contributed by atoms with E-state index in [4.69, 9.17) is 9.47 Å². The summed E-state index contributed by atoms with van der Waals surface area (Å²) < 4.78 is 10.1. The van der Waals surface area contributed by atoms with E-state index in [1.54, 1.807) is 46.6 Å². The quantitative estimate of drug-likeness (QED) is 0.391. The van der Waals surface area contributed by atoms with Crippen LogP contribution in [-0.4, -0.2) is 60.5 Å². The molecule has 0 aliphatic rings. The number of H-pyrrole nitrogens is 1. The third-order valence-corrected chi connectivity index (χ3v) is 4.38. The summed E-state index contributed by atoms with van der Waals surface area (Å²) in [5, 5.41) is 0. The molecule has 0 fully saturated rings. The van der Waals surface area contributed by atoms with Gasteiger partial charge in [0.05, 0.1) is 12.6 Å². The van der Waals surface area contributed by atoms with Crippen molar-refractivity contribution in [3.05, 3.63) is 22.5 Å². The van der Waals surface area contributed by atoms with Crippen LogP contribution >= 0.6 is 0 Å². The van der Waals surface area contributed by atoms with Gasteiger partial charge in [0.1, 0.15) is 5.69 Å². The standard InChI is InChI=1S/C19H30N2O5/c1-7-15(22)21(10-9-11-25-6)14(5)18(23)16-12(3)17(20-13(16)4)19(24)26-8-2/h14,20H,7-11H2,1-6H3/t14-/m1/s1. The molecule has 1 N–H and O–H groups in total. The van der Waals surface area contributed by atoms with Crippen LogP contribution in [0.5, 0.6) is 0 Å². The van der Waals surface area contributed by atoms with Crippen molar-refractivity contribution < 1.29 is 23.9 Å². The molecule has 1 amide bonds. The Hall–Kier alpha value is -2.15. The molecule has 0 saturated carbocycles. The van der Waals surface area contributed by atoms with Gasteiger partial charge in [0, 0.05) is 37.9 Å². The number of rotatable bonds is 10. The van der Waals surface area contributed by atoms with Crippen molar-refractivity contribution in [3.8, 4) is 0 Å². The van der Waals surface area contributed by atoms with E-state index in [0.29, 0.717) is 42.8 Å². The zero-order chi connectivity index (χ0) is 19.9. The lowest BCUT2D eigenvalue weighted by molar-refractivity contribution is -0.132. The maximum Gasteiger partial charge on any atom is 0.355 e. The molecular formula is C19H30N2O5. The Bertz CT molecular complexity index is 651. The average Bonchev–Trinajstić information content (AvgIpc) is 2.91. The summed E-state index contributed by atoms with van der Waals surface area (Å²) in [5.74, 6) is -0.759. The maximum atomic E-state index is 13.1. The normalized spacial score (nSPS) is 11.9. The van der Waals surface area contributed by atoms with Gasteiger partial charge in [-0.3, -0.25) is 9.59 Å². The molecule has 7 nitrogen and oxygen atoms in total. The van der Waals surface area contributed by atoms with E-state index in [9.17, 15) is 14.4 Å². The number of carbonyl (C=O) groups is 3. The molecule has 0 unspecified atom stereocenters. The van der Waals surface area contributed by atoms with Crippen LogP contribution in [0.2, 0.25) is 0 Å². The summed E-state index contributed by atoms with van der Waals surface area (Å²) in [6, 6.07) is -0.623. The summed E-state index contributed by atoms with van der Waals surface area (Å²) in [5.41, 5.74) is 1.88. The van der Waals surface area contributed by atoms with Gasteiger partial charge in [-0.2, -0.15) is 0 Å². The Morgan fingerprint density at radius 3 is 2.38 bits per heavy atom. The molecule has 0 aliphatic carbocycles. The first-order valence-corrected chi connectivity index (χ1v) is 8.98. The zero-order valence-electron chi connectivity index (χ0n) is 16.6. The number of carbonyl (C=O) groups excluding carboxylic acids is 3. The molecule has 1 aromatic heterocycles. The van der Waals surface area contributed by atoms with E-state index in [0.717, 1.165) is 0 Å². The van der Waals surface area contributed by atoms with Crippen LogP contribution in [0.25, 0.3) is 0 Å². The smallest absolute Gasteiger partial charge is 0.355 e. The second-order valence-electron chi connectivity index (χ2n) is 6.17. The third-order valence-electron chi connectivity index (χ3n) is 4.38. The molecular weight excluding hydrogens is 336 g/mol. The number of Topliss-reactive ketones (excluding diaryl/α,β-unsaturated/α-hetero) is 1. The minimum Gasteiger partial charge on any atom is -0.461 e. The predicted molar refractivity (Wildman–Crippen MR) is 98.5 cm³/mol. The number of aryl methyl sites for hydroxylation is 1. The van der Waals surface area contributed by atoms with Gasteiger partial charge >= 0.3 is 5.97 Å². The number of hydrogen-bond donors (Lipinski definition) is 1. The molecule has 1 heterocycles. The predicted octanol–water partition coefficient (Wildman–Crippen LogP) is 2.65. The van der Waals surface area contributed by atoms with E-state index in [-0.39, 0.29) is 24.0 Å². The molecule has 7 heteroatoms. The highest BCUT2D eigenvalue weighted by Crippen LogP contribution is 2.22. The zero-order valence-corrected chi connectivity index (χ0v) is 16.6. The highest BCUT2D eigenvalue weighted by atomic mass is 16.5. The molecule has 0 spiro atoms. The van der Waals surface area contributed by atoms with Crippen molar-refractivity contribution >= 4 is 17.7 Å². The Labute approximate surface area is 155 Å². The molecule has 1 aromatic rings. The number of aromatic amines is 1. The van der Waals surface area contributed by atoms with E-state index >= 15 is 0 Å². The maximum absolute atomic E-state index is 13.1. The Morgan fingerprint density at radius 2 is 1.85 bits per heavy atom. The second kappa shape index (κ2) is 10.1. The van der Waals surface area contributed by atoms with Crippen LogP contribution in [0.15, 0.2) is 0 Å². The van der Waals surface area contributed by atoms with Crippen LogP contribution in [0.3, 0.4) is 0 Å². The van der Waals surface area contributed by atoms with Gasteiger partial charge in [0.15, 0.2) is 5.78 Å². The number of amides is 1. The van der Waals surface area contributed by atoms with Crippen molar-refractivity contribution in [2.24, 2.45) is 0 Å². The molecule has 1 atom stereocenters. The molecule has 26 heavy (non-hydrogen) atoms. The molecule has 146 valence electrons. The number of aromatic nitrogens is 1. The van der Waals surface area contributed by atoms with Gasteiger partial charge in [-0.15, -0.1) is 0 Å². The third kappa shape index (κ3) is 4.94. The monoisotopic (exact) mass is 366 g/mol. The van der Waals surface area contributed by atoms with Crippen LogP contribution in [0, 0.1) is 13.8 Å². The Kier molecular flexibility index (Phi) is 8.51. The first-order chi connectivity index (χ1) is 12.3. The lowest BCUT2D eigenvalue weighted by Gasteiger charge is -2.28. The topological polar surface area (TPSA) is 88.7 Å². The minimum atomic E-state index is -0.623. The van der Waals surface area contributed by atoms with Crippen molar-refractivity contribution in [3.63, 3.8) is 0 Å². The number of esters is 1. The van der Waals surface area contributed by atoms with Gasteiger partial charge in [-0.05, 0) is 39.7 Å². The van der Waals surface area contributed by atoms with E-state index in [1.165, 1.54) is 0 Å². The number of nitrogens with zero attached hydrogens (tertiary/aromatic N) is 1. The summed E-state index contributed by atoms with van der Waals surface area (Å²) >= 11 is 0. The number of ketones is 1. The fourth-order valence-electron chi connectivity index (χ4n) is 2.99. The first kappa shape index (κ1) is 21.9. The van der Waals surface area contributed by atoms with Crippen LogP contribution in [0.1, 0.15) is 65.7 Å². The average molecular weight is 366 g/mol. The van der Waals surface area contributed by atoms with Gasteiger partial charge in [0.2, 0.25) is 5.91 Å². The van der Waals surface area contributed by atoms with Crippen molar-refractivity contribution in [2.75, 3.05) is 26.9 Å². The van der Waals surface area contributed by atoms with Crippen LogP contribution < -0.4 is 0 Å². The van der Waals surface area contributed by atoms with Gasteiger partial charge in [-0.1, -0.05) is 6.92 Å². The lowest BCUT2D eigenvalue weighted by atomic mass is 9.99. The summed E-state index contributed by atoms with van der Waals surface area (Å²) in [4.78, 5) is 42.0. The number of hydrogen-bond acceptors (Lipinski definition) is 5. The van der Waals surface area contributed by atoms with Crippen molar-refractivity contribution in [2.45, 2.75) is 53.5 Å². The highest BCUT2D eigenvalue weighted by Gasteiger charge is 2.30. The number of nitrogens with one attached hydrogen (secondary N) is 1. The summed E-state index contributed by atoms with van der Waals surface area (Å²) in [6.07, 6.45) is 0.975. The molecule has 0 aromatic carbocycles. The fourth-order valence-corrected chi connectivity index (χ4v) is 2.99. The summed E-state index contributed by atoms with van der Waals surface area (Å²) in [6.45, 7) is 9.90. The summed E-state index contributed by atoms with van der Waals surface area (Å²) in [7, 11) is 1.60. The molecule has 0 bridgehead atoms. The van der Waals surface area contributed by atoms with Gasteiger partial charge in [0.25, 0.3) is 0 Å². The SMILES string of the molecule is CCOC(=O)c1[nH]c(C)c(C(=O)[C@@H](C)N(CCCOC)C(=O)CC)c1C. The van der Waals surface area contributed by atoms with Crippen LogP contribution in [0.4, 0.5) is 0 Å². The van der Waals surface area contributed by atoms with Gasteiger partial charge in [-0.25, -0.2) is 4.79 Å². The van der Waals surface area contributed by atoms with Crippen molar-refractivity contribution in [1.29, 1.82) is 0 Å². The molecule has 0 radical (unpaired) electrons. The molecule has 0 saturated heterocycles. The van der Waals surface area contributed by atoms with E-state index < -0.39 is 12.0 Å². The minimum absolute atomic E-state index is 0.0848. The highest BCUT2D eigenvalue weighted by molar-refractivity contribution is 6.06. The van der Waals surface area contributed by atoms with Crippen LogP contribution in [-0.2, 0) is 14.3 Å². The lowest BCUT2D eigenvalue weighted by Crippen LogP contribution is -2.44. The Morgan fingerprint density at radius 1 is 1.19 bits per heavy atom. The molecule has 1 rings (SSSR count). The largest absolute Gasteiger partial charge is 0.461 e. The Balaban J connectivity index is 3.12. The number of methoxy groups -OCH3 is 1. The molecule has 0 aliphatic heterocycles. The van der Waals surface area contributed by atoms with E-state index in [2.05, 4.69) is 4.98 Å². The van der Waals surface area contributed by atoms with Crippen molar-refractivity contribution in [1.82, 2.24) is 9.88 Å². The van der Waals surface area contributed by atoms with E-state index in [1.807, 2.05) is 0 Å². The number of ether oxygens (including phenoxy) is 2. The fraction of sp³-hybridized carbons (Fsp3) is 0.632.